The van der Waals surface area contributed by atoms with E-state index >= 15 is 0 Å². The number of anilines is 1. The monoisotopic (exact) mass is 366 g/mol. The number of aromatic nitrogens is 2. The highest BCUT2D eigenvalue weighted by Gasteiger charge is 2.20. The van der Waals surface area contributed by atoms with E-state index in [0.29, 0.717) is 38.5 Å². The van der Waals surface area contributed by atoms with Gasteiger partial charge in [-0.15, -0.1) is 11.3 Å². The third-order valence-electron chi connectivity index (χ3n) is 4.17. The molecule has 1 amide bonds. The summed E-state index contributed by atoms with van der Waals surface area (Å²) in [5.74, 6) is -0.340. The van der Waals surface area contributed by atoms with Gasteiger partial charge in [-0.2, -0.15) is 5.26 Å². The van der Waals surface area contributed by atoms with E-state index in [4.69, 9.17) is 5.26 Å². The number of nitriles is 1. The fourth-order valence-electron chi connectivity index (χ4n) is 2.73. The number of rotatable bonds is 5. The number of nitrogens with zero attached hydrogens (tertiary/aromatic N) is 3. The Morgan fingerprint density at radius 3 is 2.88 bits per heavy atom. The lowest BCUT2D eigenvalue weighted by Crippen LogP contribution is -2.20. The molecule has 3 rings (SSSR count). The standard InChI is InChI=1S/C19H18N4O2S/c1-3-4-9-23-11-21-18-15(19(23)25)12(2)16(26-18)17(24)22-14-8-6-5-7-13(14)10-20/h5-8,11H,3-4,9H2,1-2H3,(H,22,24). The van der Waals surface area contributed by atoms with E-state index in [9.17, 15) is 9.59 Å². The molecule has 0 atom stereocenters. The number of aryl methyl sites for hydroxylation is 2. The molecule has 0 fully saturated rings. The summed E-state index contributed by atoms with van der Waals surface area (Å²) in [6, 6.07) is 8.86. The molecule has 0 bridgehead atoms. The number of para-hydroxylation sites is 1. The maximum absolute atomic E-state index is 12.7. The lowest BCUT2D eigenvalue weighted by molar-refractivity contribution is 0.103. The number of benzene rings is 1. The Hall–Kier alpha value is -2.98. The first-order valence-corrected chi connectivity index (χ1v) is 9.17. The highest BCUT2D eigenvalue weighted by atomic mass is 32.1. The second-order valence-corrected chi connectivity index (χ2v) is 6.94. The van der Waals surface area contributed by atoms with Crippen molar-refractivity contribution in [3.63, 3.8) is 0 Å². The number of carbonyl (C=O) groups is 1. The molecule has 0 saturated heterocycles. The molecular weight excluding hydrogens is 348 g/mol. The Morgan fingerprint density at radius 1 is 1.38 bits per heavy atom. The summed E-state index contributed by atoms with van der Waals surface area (Å²) in [7, 11) is 0. The Morgan fingerprint density at radius 2 is 2.15 bits per heavy atom. The van der Waals surface area contributed by atoms with Crippen molar-refractivity contribution >= 4 is 33.1 Å². The minimum Gasteiger partial charge on any atom is -0.320 e. The van der Waals surface area contributed by atoms with Gasteiger partial charge in [0.05, 0.1) is 27.8 Å². The first kappa shape index (κ1) is 17.8. The maximum atomic E-state index is 12.7. The van der Waals surface area contributed by atoms with E-state index in [2.05, 4.69) is 23.3 Å². The van der Waals surface area contributed by atoms with Gasteiger partial charge >= 0.3 is 0 Å². The molecule has 0 aliphatic carbocycles. The van der Waals surface area contributed by atoms with Gasteiger partial charge < -0.3 is 5.32 Å². The van der Waals surface area contributed by atoms with Crippen molar-refractivity contribution in [1.29, 1.82) is 5.26 Å². The molecule has 0 aliphatic rings. The van der Waals surface area contributed by atoms with Crippen molar-refractivity contribution in [2.24, 2.45) is 0 Å². The lowest BCUT2D eigenvalue weighted by Gasteiger charge is -2.06. The molecule has 132 valence electrons. The number of thiophene rings is 1. The van der Waals surface area contributed by atoms with Gasteiger partial charge in [-0.25, -0.2) is 4.98 Å². The Labute approximate surface area is 154 Å². The Kier molecular flexibility index (Phi) is 5.14. The van der Waals surface area contributed by atoms with Crippen molar-refractivity contribution in [3.8, 4) is 6.07 Å². The van der Waals surface area contributed by atoms with Crippen LogP contribution >= 0.6 is 11.3 Å². The minimum absolute atomic E-state index is 0.117. The van der Waals surface area contributed by atoms with Gasteiger partial charge in [0.1, 0.15) is 10.9 Å². The summed E-state index contributed by atoms with van der Waals surface area (Å²) >= 11 is 1.19. The topological polar surface area (TPSA) is 87.8 Å². The number of nitrogens with one attached hydrogen (secondary N) is 1. The van der Waals surface area contributed by atoms with Crippen LogP contribution in [0.15, 0.2) is 35.4 Å². The van der Waals surface area contributed by atoms with E-state index in [1.54, 1.807) is 42.1 Å². The fraction of sp³-hybridized carbons (Fsp3) is 0.263. The summed E-state index contributed by atoms with van der Waals surface area (Å²) in [6.07, 6.45) is 3.43. The molecule has 0 spiro atoms. The van der Waals surface area contributed by atoms with Crippen LogP contribution in [0.4, 0.5) is 5.69 Å². The van der Waals surface area contributed by atoms with Crippen molar-refractivity contribution < 1.29 is 4.79 Å². The van der Waals surface area contributed by atoms with Crippen LogP contribution in [0.5, 0.6) is 0 Å². The van der Waals surface area contributed by atoms with Crippen LogP contribution in [0.2, 0.25) is 0 Å². The molecule has 0 radical (unpaired) electrons. The number of carbonyl (C=O) groups excluding carboxylic acids is 1. The number of fused-ring (bicyclic) bond motifs is 1. The predicted molar refractivity (Wildman–Crippen MR) is 103 cm³/mol. The molecule has 3 aromatic rings. The normalized spacial score (nSPS) is 10.7. The first-order chi connectivity index (χ1) is 12.6. The molecule has 1 aromatic carbocycles. The summed E-state index contributed by atoms with van der Waals surface area (Å²) in [5.41, 5.74) is 1.35. The first-order valence-electron chi connectivity index (χ1n) is 8.35. The molecule has 0 aliphatic heterocycles. The summed E-state index contributed by atoms with van der Waals surface area (Å²) < 4.78 is 1.60. The fourth-order valence-corrected chi connectivity index (χ4v) is 3.77. The highest BCUT2D eigenvalue weighted by Crippen LogP contribution is 2.28. The number of unbranched alkanes of at least 4 members (excludes halogenated alkanes) is 1. The quantitative estimate of drug-likeness (QED) is 0.746. The van der Waals surface area contributed by atoms with E-state index < -0.39 is 0 Å². The average molecular weight is 366 g/mol. The van der Waals surface area contributed by atoms with Crippen LogP contribution in [0, 0.1) is 18.3 Å². The molecule has 0 saturated carbocycles. The van der Waals surface area contributed by atoms with Crippen LogP contribution in [0.1, 0.15) is 40.6 Å². The highest BCUT2D eigenvalue weighted by molar-refractivity contribution is 7.20. The zero-order valence-corrected chi connectivity index (χ0v) is 15.4. The van der Waals surface area contributed by atoms with E-state index in [-0.39, 0.29) is 11.5 Å². The molecule has 0 unspecified atom stereocenters. The minimum atomic E-state index is -0.340. The van der Waals surface area contributed by atoms with Crippen LogP contribution in [0.3, 0.4) is 0 Å². The van der Waals surface area contributed by atoms with E-state index in [1.807, 2.05) is 0 Å². The number of amides is 1. The third kappa shape index (κ3) is 3.24. The molecule has 26 heavy (non-hydrogen) atoms. The largest absolute Gasteiger partial charge is 0.320 e. The van der Waals surface area contributed by atoms with Gasteiger partial charge in [-0.05, 0) is 31.0 Å². The second-order valence-electron chi connectivity index (χ2n) is 5.94. The van der Waals surface area contributed by atoms with Gasteiger partial charge in [0.15, 0.2) is 0 Å². The van der Waals surface area contributed by atoms with Crippen LogP contribution < -0.4 is 10.9 Å². The number of hydrogen-bond donors (Lipinski definition) is 1. The van der Waals surface area contributed by atoms with Gasteiger partial charge in [-0.3, -0.25) is 14.2 Å². The van der Waals surface area contributed by atoms with Crippen molar-refractivity contribution in [3.05, 3.63) is 57.0 Å². The van der Waals surface area contributed by atoms with Gasteiger partial charge in [0.2, 0.25) is 0 Å². The molecule has 7 heteroatoms. The maximum Gasteiger partial charge on any atom is 0.266 e. The van der Waals surface area contributed by atoms with Crippen molar-refractivity contribution in [1.82, 2.24) is 9.55 Å². The Bertz CT molecular complexity index is 1080. The molecule has 2 heterocycles. The van der Waals surface area contributed by atoms with Gasteiger partial charge in [0.25, 0.3) is 11.5 Å². The smallest absolute Gasteiger partial charge is 0.266 e. The van der Waals surface area contributed by atoms with Crippen molar-refractivity contribution in [2.45, 2.75) is 33.2 Å². The zero-order chi connectivity index (χ0) is 18.7. The SMILES string of the molecule is CCCCn1cnc2sc(C(=O)Nc3ccccc3C#N)c(C)c2c1=O. The molecule has 2 aromatic heterocycles. The van der Waals surface area contributed by atoms with E-state index in [1.165, 1.54) is 11.3 Å². The van der Waals surface area contributed by atoms with Crippen molar-refractivity contribution in [2.75, 3.05) is 5.32 Å². The average Bonchev–Trinajstić information content (AvgIpc) is 2.99. The molecule has 1 N–H and O–H groups in total. The van der Waals surface area contributed by atoms with Crippen LogP contribution in [0.25, 0.3) is 10.2 Å². The molecule has 6 nitrogen and oxygen atoms in total. The van der Waals surface area contributed by atoms with Crippen LogP contribution in [-0.4, -0.2) is 15.5 Å². The third-order valence-corrected chi connectivity index (χ3v) is 5.37. The van der Waals surface area contributed by atoms with Gasteiger partial charge in [-0.1, -0.05) is 25.5 Å². The Balaban J connectivity index is 1.99. The summed E-state index contributed by atoms with van der Waals surface area (Å²) in [6.45, 7) is 4.44. The lowest BCUT2D eigenvalue weighted by atomic mass is 10.1. The molecular formula is C19H18N4O2S. The van der Waals surface area contributed by atoms with Crippen LogP contribution in [-0.2, 0) is 6.54 Å². The number of hydrogen-bond acceptors (Lipinski definition) is 5. The van der Waals surface area contributed by atoms with Gasteiger partial charge in [0, 0.05) is 6.54 Å². The summed E-state index contributed by atoms with van der Waals surface area (Å²) in [5, 5.41) is 12.4. The van der Waals surface area contributed by atoms with E-state index in [0.717, 1.165) is 12.8 Å². The second kappa shape index (κ2) is 7.50. The summed E-state index contributed by atoms with van der Waals surface area (Å²) in [4.78, 5) is 30.7. The zero-order valence-electron chi connectivity index (χ0n) is 14.6. The predicted octanol–water partition coefficient (Wildman–Crippen LogP) is 3.69.